The topological polar surface area (TPSA) is 88.2 Å². The van der Waals surface area contributed by atoms with Crippen LogP contribution in [0.15, 0.2) is 90.5 Å². The fourth-order valence-corrected chi connectivity index (χ4v) is 7.38. The summed E-state index contributed by atoms with van der Waals surface area (Å²) in [7, 11) is 1.44. The highest BCUT2D eigenvalue weighted by Crippen LogP contribution is 2.50. The van der Waals surface area contributed by atoms with E-state index in [1.807, 2.05) is 48.5 Å². The molecule has 4 aromatic carbocycles. The lowest BCUT2D eigenvalue weighted by Crippen LogP contribution is -2.54. The van der Waals surface area contributed by atoms with E-state index in [0.29, 0.717) is 11.3 Å². The van der Waals surface area contributed by atoms with Crippen LogP contribution < -0.4 is 24.6 Å². The number of terminal acetylenes is 1. The monoisotopic (exact) mass is 657 g/mol. The fourth-order valence-electron chi connectivity index (χ4n) is 7.10. The number of imide groups is 2. The van der Waals surface area contributed by atoms with Crippen LogP contribution in [0.3, 0.4) is 0 Å². The van der Waals surface area contributed by atoms with Crippen molar-refractivity contribution in [1.82, 2.24) is 5.32 Å². The van der Waals surface area contributed by atoms with E-state index in [1.165, 1.54) is 30.4 Å². The molecule has 0 saturated carbocycles. The largest absolute Gasteiger partial charge is 0.493 e. The first kappa shape index (κ1) is 31.1. The molecule has 3 aliphatic rings. The molecule has 48 heavy (non-hydrogen) atoms. The molecule has 4 amide bonds. The highest BCUT2D eigenvalue weighted by atomic mass is 35.5. The van der Waals surface area contributed by atoms with E-state index >= 15 is 0 Å². The van der Waals surface area contributed by atoms with Crippen LogP contribution in [0.5, 0.6) is 11.5 Å². The number of anilines is 2. The predicted octanol–water partition coefficient (Wildman–Crippen LogP) is 6.90. The van der Waals surface area contributed by atoms with Crippen LogP contribution in [0.2, 0.25) is 5.02 Å². The summed E-state index contributed by atoms with van der Waals surface area (Å²) >= 11 is 6.48. The molecule has 240 valence electrons. The number of carbonyl (C=O) groups is 3. The van der Waals surface area contributed by atoms with Gasteiger partial charge in [0.2, 0.25) is 0 Å². The molecule has 9 heteroatoms. The van der Waals surface area contributed by atoms with Gasteiger partial charge in [-0.15, -0.1) is 6.42 Å². The second-order valence-electron chi connectivity index (χ2n) is 11.9. The van der Waals surface area contributed by atoms with Crippen molar-refractivity contribution in [3.8, 4) is 23.8 Å². The van der Waals surface area contributed by atoms with Crippen LogP contribution in [0.25, 0.3) is 6.08 Å². The molecule has 0 radical (unpaired) electrons. The van der Waals surface area contributed by atoms with E-state index in [9.17, 15) is 14.4 Å². The lowest BCUT2D eigenvalue weighted by atomic mass is 9.76. The molecule has 3 aliphatic heterocycles. The summed E-state index contributed by atoms with van der Waals surface area (Å²) in [5.41, 5.74) is 6.20. The zero-order valence-corrected chi connectivity index (χ0v) is 27.0. The Morgan fingerprint density at radius 2 is 1.52 bits per heavy atom. The van der Waals surface area contributed by atoms with Crippen LogP contribution in [0.1, 0.15) is 52.5 Å². The van der Waals surface area contributed by atoms with Gasteiger partial charge in [0.15, 0.2) is 11.5 Å². The molecule has 1 N–H and O–H groups in total. The zero-order chi connectivity index (χ0) is 33.4. The van der Waals surface area contributed by atoms with Gasteiger partial charge in [0, 0.05) is 30.6 Å². The quantitative estimate of drug-likeness (QED) is 0.132. The molecular weight excluding hydrogens is 626 g/mol. The van der Waals surface area contributed by atoms with Gasteiger partial charge in [-0.25, -0.2) is 9.69 Å². The number of benzene rings is 4. The highest BCUT2D eigenvalue weighted by molar-refractivity contribution is 6.39. The summed E-state index contributed by atoms with van der Waals surface area (Å²) < 4.78 is 11.0. The van der Waals surface area contributed by atoms with Crippen molar-refractivity contribution in [2.24, 2.45) is 0 Å². The molecule has 7 rings (SSSR count). The third-order valence-electron chi connectivity index (χ3n) is 9.22. The third kappa shape index (κ3) is 5.56. The van der Waals surface area contributed by atoms with Crippen molar-refractivity contribution >= 4 is 46.9 Å². The molecule has 8 nitrogen and oxygen atoms in total. The lowest BCUT2D eigenvalue weighted by Gasteiger charge is -2.44. The van der Waals surface area contributed by atoms with Gasteiger partial charge in [-0.1, -0.05) is 78.2 Å². The normalized spacial score (nSPS) is 19.4. The lowest BCUT2D eigenvalue weighted by molar-refractivity contribution is -0.122. The molecule has 0 aromatic heterocycles. The summed E-state index contributed by atoms with van der Waals surface area (Å²) in [6.45, 7) is 1.79. The number of urea groups is 1. The number of hydrogen-bond acceptors (Lipinski definition) is 6. The van der Waals surface area contributed by atoms with Gasteiger partial charge in [0.25, 0.3) is 11.8 Å². The fraction of sp³-hybridized carbons (Fsp3) is 0.205. The predicted molar refractivity (Wildman–Crippen MR) is 186 cm³/mol. The maximum Gasteiger partial charge on any atom is 0.335 e. The number of halogens is 1. The molecule has 0 bridgehead atoms. The van der Waals surface area contributed by atoms with Gasteiger partial charge in [-0.05, 0) is 71.0 Å². The number of hydrogen-bond donors (Lipinski definition) is 1. The van der Waals surface area contributed by atoms with Crippen molar-refractivity contribution in [2.45, 2.75) is 24.7 Å². The third-order valence-corrected chi connectivity index (χ3v) is 9.50. The Morgan fingerprint density at radius 1 is 0.917 bits per heavy atom. The van der Waals surface area contributed by atoms with E-state index in [2.05, 4.69) is 40.4 Å². The highest BCUT2D eigenvalue weighted by Gasteiger charge is 2.40. The number of barbiturate groups is 1. The minimum absolute atomic E-state index is 0.0226. The number of carbonyl (C=O) groups excluding carboxylic acids is 3. The molecule has 0 unspecified atom stereocenters. The van der Waals surface area contributed by atoms with Crippen LogP contribution >= 0.6 is 11.6 Å². The van der Waals surface area contributed by atoms with E-state index in [-0.39, 0.29) is 40.5 Å². The van der Waals surface area contributed by atoms with Crippen LogP contribution in [-0.4, -0.2) is 44.7 Å². The molecule has 0 aliphatic carbocycles. The molecule has 3 heterocycles. The maximum absolute atomic E-state index is 14.2. The average Bonchev–Trinajstić information content (AvgIpc) is 3.10. The summed E-state index contributed by atoms with van der Waals surface area (Å²) in [5.74, 6) is 1.48. The minimum Gasteiger partial charge on any atom is -0.493 e. The summed E-state index contributed by atoms with van der Waals surface area (Å²) in [6, 6.07) is 26.8. The van der Waals surface area contributed by atoms with Crippen molar-refractivity contribution < 1.29 is 23.9 Å². The van der Waals surface area contributed by atoms with Crippen molar-refractivity contribution in [1.29, 1.82) is 0 Å². The van der Waals surface area contributed by atoms with Crippen molar-refractivity contribution in [3.63, 3.8) is 0 Å². The maximum atomic E-state index is 14.2. The van der Waals surface area contributed by atoms with Crippen LogP contribution in [0.4, 0.5) is 16.2 Å². The van der Waals surface area contributed by atoms with Crippen LogP contribution in [-0.2, 0) is 9.59 Å². The second-order valence-corrected chi connectivity index (χ2v) is 12.4. The number of ether oxygens (including phenoxy) is 2. The summed E-state index contributed by atoms with van der Waals surface area (Å²) in [5, 5.41) is 2.56. The van der Waals surface area contributed by atoms with E-state index < -0.39 is 17.8 Å². The molecule has 4 aromatic rings. The minimum atomic E-state index is -0.807. The van der Waals surface area contributed by atoms with Crippen LogP contribution in [0, 0.1) is 12.3 Å². The van der Waals surface area contributed by atoms with E-state index in [0.717, 1.165) is 47.6 Å². The number of nitrogens with one attached hydrogen (secondary N) is 1. The van der Waals surface area contributed by atoms with E-state index in [1.54, 1.807) is 6.07 Å². The number of amides is 4. The first-order valence-electron chi connectivity index (χ1n) is 15.8. The SMILES string of the molecule is C#CCOc1c(Cl)cc(/C=C2\C(=O)NC(=O)N(c3cc4c5c(c3)[C@@H](c3ccccc3)CCN5CC[C@@H]4c3ccccc3)C2=O)cc1OC. The first-order valence-corrected chi connectivity index (χ1v) is 16.1. The Morgan fingerprint density at radius 3 is 2.08 bits per heavy atom. The number of nitrogens with zero attached hydrogens (tertiary/aromatic N) is 2. The Hall–Kier alpha value is -5.52. The molecular formula is C39H32ClN3O5. The second kappa shape index (κ2) is 12.9. The van der Waals surface area contributed by atoms with E-state index in [4.69, 9.17) is 27.5 Å². The molecule has 1 fully saturated rings. The smallest absolute Gasteiger partial charge is 0.335 e. The van der Waals surface area contributed by atoms with Gasteiger partial charge >= 0.3 is 6.03 Å². The standard InChI is InChI=1S/C39H32ClN3O5/c1-3-18-48-36-33(40)20-24(21-34(36)47-2)19-32-37(44)41-39(46)43(38(32)45)27-22-30-28(25-10-6-4-7-11-25)14-16-42-17-15-29(31(23-27)35(30)42)26-12-8-5-9-13-26/h1,4-13,19-23,28-29H,14-18H2,2H3,(H,41,44,46)/b32-19+/t28-,29-/m1/s1. The first-order chi connectivity index (χ1) is 23.4. The number of rotatable bonds is 7. The molecule has 0 spiro atoms. The average molecular weight is 658 g/mol. The summed E-state index contributed by atoms with van der Waals surface area (Å²) in [4.78, 5) is 44.4. The molecule has 1 saturated heterocycles. The molecule has 2 atom stereocenters. The van der Waals surface area contributed by atoms with Gasteiger partial charge in [0.05, 0.1) is 17.8 Å². The zero-order valence-electron chi connectivity index (χ0n) is 26.2. The Labute approximate surface area is 283 Å². The Kier molecular flexibility index (Phi) is 8.38. The van der Waals surface area contributed by atoms with Gasteiger partial charge in [0.1, 0.15) is 12.2 Å². The van der Waals surface area contributed by atoms with Crippen molar-refractivity contribution in [3.05, 3.63) is 123 Å². The van der Waals surface area contributed by atoms with Gasteiger partial charge in [-0.2, -0.15) is 0 Å². The van der Waals surface area contributed by atoms with Gasteiger partial charge in [-0.3, -0.25) is 14.9 Å². The number of methoxy groups -OCH3 is 1. The van der Waals surface area contributed by atoms with Gasteiger partial charge < -0.3 is 14.4 Å². The Balaban J connectivity index is 1.35. The Bertz CT molecular complexity index is 1930. The summed E-state index contributed by atoms with van der Waals surface area (Å²) in [6.07, 6.45) is 8.50. The van der Waals surface area contributed by atoms with Crippen molar-refractivity contribution in [2.75, 3.05) is 36.6 Å².